The fourth-order valence-electron chi connectivity index (χ4n) is 1.72. The first-order valence-electron chi connectivity index (χ1n) is 5.99. The molecular weight excluding hydrogens is 238 g/mol. The molecule has 0 unspecified atom stereocenters. The monoisotopic (exact) mass is 253 g/mol. The number of aryl methyl sites for hydroxylation is 1. The summed E-state index contributed by atoms with van der Waals surface area (Å²) in [5.74, 6) is 0. The van der Waals surface area contributed by atoms with E-state index in [1.165, 1.54) is 6.07 Å². The predicted molar refractivity (Wildman–Crippen MR) is 77.1 cm³/mol. The third-order valence-corrected chi connectivity index (χ3v) is 2.65. The van der Waals surface area contributed by atoms with Gasteiger partial charge in [0, 0.05) is 6.07 Å². The summed E-state index contributed by atoms with van der Waals surface area (Å²) in [4.78, 5) is 11.4. The quantitative estimate of drug-likeness (QED) is 0.674. The second kappa shape index (κ2) is 5.87. The van der Waals surface area contributed by atoms with E-state index in [2.05, 4.69) is 0 Å². The van der Waals surface area contributed by atoms with Crippen LogP contribution in [0.5, 0.6) is 0 Å². The number of hydrogen-bond donors (Lipinski definition) is 1. The van der Waals surface area contributed by atoms with E-state index in [1.807, 2.05) is 49.4 Å². The van der Waals surface area contributed by atoms with Crippen molar-refractivity contribution < 1.29 is 5.21 Å². The molecule has 0 saturated heterocycles. The topological polar surface area (TPSA) is 42.2 Å². The lowest BCUT2D eigenvalue weighted by molar-refractivity contribution is 0.172. The van der Waals surface area contributed by atoms with Gasteiger partial charge in [0.1, 0.15) is 0 Å². The number of aromatic nitrogens is 1. The lowest BCUT2D eigenvalue weighted by atomic mass is 10.2. The summed E-state index contributed by atoms with van der Waals surface area (Å²) in [7, 11) is 0. The van der Waals surface area contributed by atoms with Gasteiger partial charge in [-0.15, -0.1) is 4.73 Å². The average Bonchev–Trinajstić information content (AvgIpc) is 2.41. The third kappa shape index (κ3) is 3.45. The maximum atomic E-state index is 11.4. The van der Waals surface area contributed by atoms with E-state index in [1.54, 1.807) is 18.2 Å². The van der Waals surface area contributed by atoms with Crippen molar-refractivity contribution >= 4 is 12.2 Å². The minimum atomic E-state index is -0.424. The van der Waals surface area contributed by atoms with Crippen LogP contribution >= 0.6 is 0 Å². The largest absolute Gasteiger partial charge is 0.425 e. The highest BCUT2D eigenvalue weighted by Crippen LogP contribution is 2.04. The molecule has 0 bridgehead atoms. The molecule has 0 atom stereocenters. The molecule has 0 aliphatic rings. The molecule has 0 fully saturated rings. The lowest BCUT2D eigenvalue weighted by Gasteiger charge is -2.01. The summed E-state index contributed by atoms with van der Waals surface area (Å²) in [5.41, 5.74) is 1.95. The zero-order chi connectivity index (χ0) is 13.7. The van der Waals surface area contributed by atoms with Crippen LogP contribution in [0.1, 0.15) is 16.8 Å². The summed E-state index contributed by atoms with van der Waals surface area (Å²) in [6.07, 6.45) is 7.29. The number of hydrogen-bond acceptors (Lipinski definition) is 2. The van der Waals surface area contributed by atoms with Crippen LogP contribution < -0.4 is 5.56 Å². The van der Waals surface area contributed by atoms with Crippen LogP contribution in [0.25, 0.3) is 12.2 Å². The molecule has 0 saturated carbocycles. The van der Waals surface area contributed by atoms with Gasteiger partial charge in [0.15, 0.2) is 0 Å². The number of rotatable bonds is 3. The molecule has 0 spiro atoms. The van der Waals surface area contributed by atoms with E-state index in [0.717, 1.165) is 11.1 Å². The van der Waals surface area contributed by atoms with Gasteiger partial charge in [0.05, 0.1) is 5.69 Å². The summed E-state index contributed by atoms with van der Waals surface area (Å²) in [6, 6.07) is 13.0. The summed E-state index contributed by atoms with van der Waals surface area (Å²) in [6.45, 7) is 1.82. The van der Waals surface area contributed by atoms with E-state index in [4.69, 9.17) is 0 Å². The number of nitrogens with zero attached hydrogens (tertiary/aromatic N) is 1. The number of allylic oxidation sites excluding steroid dienone is 2. The molecular formula is C16H15NO2. The molecule has 2 rings (SSSR count). The first kappa shape index (κ1) is 12.9. The van der Waals surface area contributed by atoms with E-state index in [0.29, 0.717) is 10.4 Å². The molecule has 96 valence electrons. The van der Waals surface area contributed by atoms with E-state index in [-0.39, 0.29) is 0 Å². The van der Waals surface area contributed by atoms with Crippen molar-refractivity contribution in [3.8, 4) is 0 Å². The highest BCUT2D eigenvalue weighted by Gasteiger charge is 1.99. The van der Waals surface area contributed by atoms with Gasteiger partial charge in [0.25, 0.3) is 5.56 Å². The molecule has 1 aromatic heterocycles. The average molecular weight is 253 g/mol. The van der Waals surface area contributed by atoms with Crippen LogP contribution in [-0.2, 0) is 0 Å². The van der Waals surface area contributed by atoms with Crippen molar-refractivity contribution in [1.82, 2.24) is 4.73 Å². The van der Waals surface area contributed by atoms with Crippen LogP contribution in [-0.4, -0.2) is 9.94 Å². The Morgan fingerprint density at radius 1 is 1.05 bits per heavy atom. The van der Waals surface area contributed by atoms with Gasteiger partial charge >= 0.3 is 0 Å². The maximum Gasteiger partial charge on any atom is 0.283 e. The second-order valence-electron chi connectivity index (χ2n) is 4.24. The van der Waals surface area contributed by atoms with Gasteiger partial charge < -0.3 is 5.21 Å². The Bertz CT molecular complexity index is 667. The maximum absolute atomic E-state index is 11.4. The Hall–Kier alpha value is -2.55. The SMILES string of the molecule is Cc1cc(C=CC=Cc2ccccc2)n(O)c(=O)c1. The molecule has 3 nitrogen and oxygen atoms in total. The van der Waals surface area contributed by atoms with Gasteiger partial charge in [-0.3, -0.25) is 4.79 Å². The first-order chi connectivity index (χ1) is 9.16. The summed E-state index contributed by atoms with van der Waals surface area (Å²) in [5, 5.41) is 9.57. The Morgan fingerprint density at radius 2 is 1.74 bits per heavy atom. The Balaban J connectivity index is 2.16. The molecule has 3 heteroatoms. The van der Waals surface area contributed by atoms with Gasteiger partial charge in [-0.1, -0.05) is 48.6 Å². The number of benzene rings is 1. The van der Waals surface area contributed by atoms with Crippen molar-refractivity contribution in [2.45, 2.75) is 6.92 Å². The standard InChI is InChI=1S/C16H15NO2/c1-13-11-15(17(19)16(18)12-13)10-6-5-9-14-7-3-2-4-8-14/h2-12,19H,1H3. The molecule has 1 N–H and O–H groups in total. The van der Waals surface area contributed by atoms with Gasteiger partial charge in [-0.05, 0) is 30.2 Å². The first-order valence-corrected chi connectivity index (χ1v) is 5.99. The smallest absolute Gasteiger partial charge is 0.283 e. The van der Waals surface area contributed by atoms with E-state index < -0.39 is 5.56 Å². The van der Waals surface area contributed by atoms with Crippen LogP contribution in [0.3, 0.4) is 0 Å². The van der Waals surface area contributed by atoms with Crippen LogP contribution in [0, 0.1) is 6.92 Å². The molecule has 1 heterocycles. The highest BCUT2D eigenvalue weighted by molar-refractivity contribution is 5.55. The zero-order valence-electron chi connectivity index (χ0n) is 10.7. The van der Waals surface area contributed by atoms with Crippen molar-refractivity contribution in [2.75, 3.05) is 0 Å². The van der Waals surface area contributed by atoms with E-state index >= 15 is 0 Å². The Morgan fingerprint density at radius 3 is 2.47 bits per heavy atom. The van der Waals surface area contributed by atoms with Gasteiger partial charge in [-0.2, -0.15) is 0 Å². The molecule has 0 aliphatic carbocycles. The highest BCUT2D eigenvalue weighted by atomic mass is 16.5. The van der Waals surface area contributed by atoms with Crippen molar-refractivity contribution in [1.29, 1.82) is 0 Å². The fraction of sp³-hybridized carbons (Fsp3) is 0.0625. The fourth-order valence-corrected chi connectivity index (χ4v) is 1.72. The Kier molecular flexibility index (Phi) is 3.98. The van der Waals surface area contributed by atoms with Gasteiger partial charge in [0.2, 0.25) is 0 Å². The predicted octanol–water partition coefficient (Wildman–Crippen LogP) is 3.12. The Labute approximate surface area is 111 Å². The zero-order valence-corrected chi connectivity index (χ0v) is 10.7. The van der Waals surface area contributed by atoms with Crippen LogP contribution in [0.15, 0.2) is 59.4 Å². The minimum Gasteiger partial charge on any atom is -0.425 e. The van der Waals surface area contributed by atoms with Crippen molar-refractivity contribution in [2.24, 2.45) is 0 Å². The molecule has 0 aliphatic heterocycles. The van der Waals surface area contributed by atoms with E-state index in [9.17, 15) is 10.0 Å². The molecule has 0 radical (unpaired) electrons. The van der Waals surface area contributed by atoms with Crippen molar-refractivity contribution in [3.05, 3.63) is 81.8 Å². The number of pyridine rings is 1. The molecule has 1 aromatic carbocycles. The molecule has 0 amide bonds. The van der Waals surface area contributed by atoms with Gasteiger partial charge in [-0.25, -0.2) is 0 Å². The second-order valence-corrected chi connectivity index (χ2v) is 4.24. The van der Waals surface area contributed by atoms with Crippen LogP contribution in [0.4, 0.5) is 0 Å². The third-order valence-electron chi connectivity index (χ3n) is 2.65. The molecule has 2 aromatic rings. The lowest BCUT2D eigenvalue weighted by Crippen LogP contribution is -2.18. The van der Waals surface area contributed by atoms with Crippen molar-refractivity contribution in [3.63, 3.8) is 0 Å². The molecule has 19 heavy (non-hydrogen) atoms. The summed E-state index contributed by atoms with van der Waals surface area (Å²) < 4.78 is 0.639. The minimum absolute atomic E-state index is 0.424. The normalized spacial score (nSPS) is 11.4. The van der Waals surface area contributed by atoms with Crippen LogP contribution in [0.2, 0.25) is 0 Å². The summed E-state index contributed by atoms with van der Waals surface area (Å²) >= 11 is 0.